The summed E-state index contributed by atoms with van der Waals surface area (Å²) in [6.45, 7) is 7.77. The monoisotopic (exact) mass is 283 g/mol. The normalized spacial score (nSPS) is 26.3. The van der Waals surface area contributed by atoms with Crippen molar-refractivity contribution in [2.24, 2.45) is 5.73 Å². The lowest BCUT2D eigenvalue weighted by molar-refractivity contribution is 0.260. The van der Waals surface area contributed by atoms with Crippen LogP contribution in [0.3, 0.4) is 0 Å². The Morgan fingerprint density at radius 3 is 2.68 bits per heavy atom. The average Bonchev–Trinajstić information content (AvgIpc) is 2.36. The van der Waals surface area contributed by atoms with Crippen LogP contribution in [0.2, 0.25) is 0 Å². The van der Waals surface area contributed by atoms with Crippen LogP contribution in [0.1, 0.15) is 32.0 Å². The Balaban J connectivity index is 1.83. The van der Waals surface area contributed by atoms with E-state index in [1.54, 1.807) is 6.07 Å². The smallest absolute Gasteiger partial charge is 0.141 e. The zero-order chi connectivity index (χ0) is 13.8. The van der Waals surface area contributed by atoms with Gasteiger partial charge in [-0.15, -0.1) is 0 Å². The molecule has 5 heteroatoms. The molecule has 2 rings (SSSR count). The highest BCUT2D eigenvalue weighted by Gasteiger charge is 2.22. The zero-order valence-corrected chi connectivity index (χ0v) is 12.4. The van der Waals surface area contributed by atoms with E-state index in [1.165, 1.54) is 12.3 Å². The number of nitrogens with zero attached hydrogens (tertiary/aromatic N) is 2. The number of rotatable bonds is 4. The van der Waals surface area contributed by atoms with E-state index in [1.807, 2.05) is 0 Å². The SMILES string of the molecule is CC1CN(CCC(N)c2ccc(F)cn2)CC(C)S1. The van der Waals surface area contributed by atoms with Crippen molar-refractivity contribution in [3.8, 4) is 0 Å². The molecule has 106 valence electrons. The zero-order valence-electron chi connectivity index (χ0n) is 11.6. The van der Waals surface area contributed by atoms with Crippen LogP contribution in [0.5, 0.6) is 0 Å². The van der Waals surface area contributed by atoms with Gasteiger partial charge in [-0.05, 0) is 18.6 Å². The molecule has 0 amide bonds. The summed E-state index contributed by atoms with van der Waals surface area (Å²) in [5, 5.41) is 1.37. The molecule has 1 aliphatic heterocycles. The molecule has 1 aliphatic rings. The van der Waals surface area contributed by atoms with E-state index >= 15 is 0 Å². The lowest BCUT2D eigenvalue weighted by Crippen LogP contribution is -2.41. The summed E-state index contributed by atoms with van der Waals surface area (Å²) < 4.78 is 12.8. The van der Waals surface area contributed by atoms with Gasteiger partial charge in [-0.25, -0.2) is 4.39 Å². The van der Waals surface area contributed by atoms with Crippen molar-refractivity contribution in [1.29, 1.82) is 0 Å². The molecule has 0 aromatic carbocycles. The van der Waals surface area contributed by atoms with E-state index in [9.17, 15) is 4.39 Å². The van der Waals surface area contributed by atoms with Gasteiger partial charge in [0.05, 0.1) is 11.9 Å². The van der Waals surface area contributed by atoms with Crippen LogP contribution in [0, 0.1) is 5.82 Å². The van der Waals surface area contributed by atoms with Gasteiger partial charge < -0.3 is 10.6 Å². The predicted octanol–water partition coefficient (Wildman–Crippen LogP) is 2.44. The number of thioether (sulfide) groups is 1. The van der Waals surface area contributed by atoms with Crippen molar-refractivity contribution in [2.45, 2.75) is 36.8 Å². The first-order valence-electron chi connectivity index (χ1n) is 6.79. The number of pyridine rings is 1. The molecule has 0 radical (unpaired) electrons. The molecule has 19 heavy (non-hydrogen) atoms. The first kappa shape index (κ1) is 14.8. The quantitative estimate of drug-likeness (QED) is 0.921. The Morgan fingerprint density at radius 2 is 2.11 bits per heavy atom. The molecule has 1 fully saturated rings. The van der Waals surface area contributed by atoms with Gasteiger partial charge in [0.1, 0.15) is 5.82 Å². The van der Waals surface area contributed by atoms with Crippen molar-refractivity contribution in [1.82, 2.24) is 9.88 Å². The highest BCUT2D eigenvalue weighted by atomic mass is 32.2. The van der Waals surface area contributed by atoms with Crippen molar-refractivity contribution in [2.75, 3.05) is 19.6 Å². The molecule has 0 saturated carbocycles. The minimum Gasteiger partial charge on any atom is -0.323 e. The van der Waals surface area contributed by atoms with E-state index in [0.717, 1.165) is 31.7 Å². The fraction of sp³-hybridized carbons (Fsp3) is 0.643. The first-order valence-corrected chi connectivity index (χ1v) is 7.73. The number of nitrogens with two attached hydrogens (primary N) is 1. The molecule has 2 heterocycles. The van der Waals surface area contributed by atoms with Crippen LogP contribution in [0.4, 0.5) is 4.39 Å². The van der Waals surface area contributed by atoms with Gasteiger partial charge in [-0.1, -0.05) is 13.8 Å². The minimum absolute atomic E-state index is 0.110. The lowest BCUT2D eigenvalue weighted by Gasteiger charge is -2.35. The number of hydrogen-bond donors (Lipinski definition) is 1. The van der Waals surface area contributed by atoms with Gasteiger partial charge in [0, 0.05) is 36.2 Å². The Hall–Kier alpha value is -0.650. The summed E-state index contributed by atoms with van der Waals surface area (Å²) in [6.07, 6.45) is 2.10. The third kappa shape index (κ3) is 4.44. The Morgan fingerprint density at radius 1 is 1.42 bits per heavy atom. The highest BCUT2D eigenvalue weighted by Crippen LogP contribution is 2.25. The molecule has 0 spiro atoms. The minimum atomic E-state index is -0.313. The largest absolute Gasteiger partial charge is 0.323 e. The third-order valence-corrected chi connectivity index (χ3v) is 4.61. The molecule has 3 unspecified atom stereocenters. The summed E-state index contributed by atoms with van der Waals surface area (Å²) in [6, 6.07) is 2.99. The van der Waals surface area contributed by atoms with Gasteiger partial charge in [0.2, 0.25) is 0 Å². The second-order valence-electron chi connectivity index (χ2n) is 5.31. The van der Waals surface area contributed by atoms with Crippen LogP contribution in [0.25, 0.3) is 0 Å². The molecule has 2 N–H and O–H groups in total. The molecule has 1 aromatic rings. The van der Waals surface area contributed by atoms with Gasteiger partial charge in [-0.2, -0.15) is 11.8 Å². The standard InChI is InChI=1S/C14H22FN3S/c1-10-8-18(9-11(2)19-10)6-5-13(16)14-4-3-12(15)7-17-14/h3-4,7,10-11,13H,5-6,8-9,16H2,1-2H3. The summed E-state index contributed by atoms with van der Waals surface area (Å²) in [5.74, 6) is -0.313. The van der Waals surface area contributed by atoms with E-state index in [4.69, 9.17) is 5.73 Å². The fourth-order valence-corrected chi connectivity index (χ4v) is 3.93. The molecule has 3 nitrogen and oxygen atoms in total. The average molecular weight is 283 g/mol. The second kappa shape index (κ2) is 6.68. The summed E-state index contributed by atoms with van der Waals surface area (Å²) in [5.41, 5.74) is 6.89. The first-order chi connectivity index (χ1) is 9.04. The lowest BCUT2D eigenvalue weighted by atomic mass is 10.1. The van der Waals surface area contributed by atoms with Crippen LogP contribution in [-0.4, -0.2) is 40.0 Å². The summed E-state index contributed by atoms with van der Waals surface area (Å²) in [7, 11) is 0. The topological polar surface area (TPSA) is 42.1 Å². The van der Waals surface area contributed by atoms with Gasteiger partial charge in [-0.3, -0.25) is 4.98 Å². The van der Waals surface area contributed by atoms with Crippen LogP contribution in [0.15, 0.2) is 18.3 Å². The van der Waals surface area contributed by atoms with E-state index < -0.39 is 0 Å². The molecular formula is C14H22FN3S. The number of halogens is 1. The van der Waals surface area contributed by atoms with E-state index in [0.29, 0.717) is 10.5 Å². The Kier molecular flexibility index (Phi) is 5.19. The molecule has 1 aromatic heterocycles. The molecular weight excluding hydrogens is 261 g/mol. The van der Waals surface area contributed by atoms with Crippen LogP contribution >= 0.6 is 11.8 Å². The van der Waals surface area contributed by atoms with Crippen molar-refractivity contribution in [3.63, 3.8) is 0 Å². The predicted molar refractivity (Wildman–Crippen MR) is 78.7 cm³/mol. The molecule has 3 atom stereocenters. The highest BCUT2D eigenvalue weighted by molar-refractivity contribution is 8.00. The van der Waals surface area contributed by atoms with Crippen molar-refractivity contribution in [3.05, 3.63) is 29.8 Å². The van der Waals surface area contributed by atoms with Gasteiger partial charge in [0.15, 0.2) is 0 Å². The van der Waals surface area contributed by atoms with Crippen molar-refractivity contribution < 1.29 is 4.39 Å². The summed E-state index contributed by atoms with van der Waals surface area (Å²) >= 11 is 2.05. The summed E-state index contributed by atoms with van der Waals surface area (Å²) in [4.78, 5) is 6.52. The third-order valence-electron chi connectivity index (χ3n) is 3.38. The van der Waals surface area contributed by atoms with E-state index in [-0.39, 0.29) is 11.9 Å². The Bertz CT molecular complexity index is 388. The maximum Gasteiger partial charge on any atom is 0.141 e. The van der Waals surface area contributed by atoms with Crippen LogP contribution in [-0.2, 0) is 0 Å². The van der Waals surface area contributed by atoms with Gasteiger partial charge >= 0.3 is 0 Å². The maximum atomic E-state index is 12.8. The maximum absolute atomic E-state index is 12.8. The number of hydrogen-bond acceptors (Lipinski definition) is 4. The fourth-order valence-electron chi connectivity index (χ4n) is 2.54. The van der Waals surface area contributed by atoms with Crippen LogP contribution < -0.4 is 5.73 Å². The Labute approximate surface area is 118 Å². The second-order valence-corrected chi connectivity index (χ2v) is 7.19. The molecule has 1 saturated heterocycles. The molecule has 0 bridgehead atoms. The molecule has 0 aliphatic carbocycles. The number of aromatic nitrogens is 1. The van der Waals surface area contributed by atoms with Gasteiger partial charge in [0.25, 0.3) is 0 Å². The van der Waals surface area contributed by atoms with E-state index in [2.05, 4.69) is 35.5 Å². The van der Waals surface area contributed by atoms with Crippen molar-refractivity contribution >= 4 is 11.8 Å².